The molecule has 0 N–H and O–H groups in total. The summed E-state index contributed by atoms with van der Waals surface area (Å²) in [5.41, 5.74) is 0.956. The van der Waals surface area contributed by atoms with Crippen LogP contribution in [-0.4, -0.2) is 84.6 Å². The van der Waals surface area contributed by atoms with Gasteiger partial charge in [-0.3, -0.25) is 9.80 Å². The van der Waals surface area contributed by atoms with Crippen LogP contribution < -0.4 is 4.90 Å². The van der Waals surface area contributed by atoms with E-state index in [2.05, 4.69) is 56.7 Å². The minimum absolute atomic E-state index is 0.309. The first-order chi connectivity index (χ1) is 13.1. The van der Waals surface area contributed by atoms with Crippen LogP contribution in [0.15, 0.2) is 12.1 Å². The van der Waals surface area contributed by atoms with Crippen LogP contribution in [0.1, 0.15) is 32.4 Å². The molecule has 27 heavy (non-hydrogen) atoms. The lowest BCUT2D eigenvalue weighted by Gasteiger charge is -2.36. The molecule has 3 rings (SSSR count). The SMILES string of the molecule is Cc1ccc(N2CCC(OCC#CCN3CCN(C(C)C)CC3)CC2)nn1. The van der Waals surface area contributed by atoms with E-state index in [1.165, 1.54) is 0 Å². The standard InChI is InChI=1S/C21H33N5O/c1-18(2)25-15-13-24(14-16-25)10-4-5-17-27-20-8-11-26(12-9-20)21-7-6-19(3)22-23-21/h6-7,18,20H,8-17H2,1-3H3. The molecule has 0 spiro atoms. The highest BCUT2D eigenvalue weighted by atomic mass is 16.5. The van der Waals surface area contributed by atoms with Crippen molar-refractivity contribution < 1.29 is 4.74 Å². The molecular weight excluding hydrogens is 338 g/mol. The maximum absolute atomic E-state index is 5.96. The summed E-state index contributed by atoms with van der Waals surface area (Å²) in [6.45, 7) is 14.4. The van der Waals surface area contributed by atoms with Gasteiger partial charge in [0.05, 0.1) is 18.3 Å². The molecular formula is C21H33N5O. The Morgan fingerprint density at radius 3 is 2.41 bits per heavy atom. The lowest BCUT2D eigenvalue weighted by Crippen LogP contribution is -2.48. The number of piperazine rings is 1. The molecule has 0 amide bonds. The topological polar surface area (TPSA) is 44.7 Å². The van der Waals surface area contributed by atoms with Crippen LogP contribution in [0.25, 0.3) is 0 Å². The molecule has 3 heterocycles. The summed E-state index contributed by atoms with van der Waals surface area (Å²) in [5.74, 6) is 7.45. The second-order valence-electron chi connectivity index (χ2n) is 7.79. The summed E-state index contributed by atoms with van der Waals surface area (Å²) >= 11 is 0. The fraction of sp³-hybridized carbons (Fsp3) is 0.714. The lowest BCUT2D eigenvalue weighted by molar-refractivity contribution is 0.0593. The van der Waals surface area contributed by atoms with Crippen LogP contribution in [0.4, 0.5) is 5.82 Å². The number of aromatic nitrogens is 2. The molecule has 0 unspecified atom stereocenters. The van der Waals surface area contributed by atoms with E-state index in [4.69, 9.17) is 4.74 Å². The van der Waals surface area contributed by atoms with Gasteiger partial charge in [0, 0.05) is 45.3 Å². The Hall–Kier alpha value is -1.68. The number of ether oxygens (including phenoxy) is 1. The van der Waals surface area contributed by atoms with Crippen LogP contribution in [0, 0.1) is 18.8 Å². The molecule has 2 aliphatic heterocycles. The van der Waals surface area contributed by atoms with Gasteiger partial charge in [0.2, 0.25) is 0 Å². The maximum atomic E-state index is 5.96. The number of hydrogen-bond acceptors (Lipinski definition) is 6. The monoisotopic (exact) mass is 371 g/mol. The lowest BCUT2D eigenvalue weighted by atomic mass is 10.1. The van der Waals surface area contributed by atoms with E-state index in [0.29, 0.717) is 18.8 Å². The van der Waals surface area contributed by atoms with Crippen molar-refractivity contribution in [2.75, 3.05) is 57.3 Å². The van der Waals surface area contributed by atoms with Crippen LogP contribution in [0.2, 0.25) is 0 Å². The van der Waals surface area contributed by atoms with Crippen molar-refractivity contribution in [1.29, 1.82) is 0 Å². The largest absolute Gasteiger partial charge is 0.365 e. The fourth-order valence-electron chi connectivity index (χ4n) is 3.63. The Balaban J connectivity index is 1.30. The molecule has 2 saturated heterocycles. The van der Waals surface area contributed by atoms with Crippen LogP contribution >= 0.6 is 0 Å². The summed E-state index contributed by atoms with van der Waals surface area (Å²) in [5, 5.41) is 8.42. The minimum Gasteiger partial charge on any atom is -0.365 e. The average Bonchev–Trinajstić information content (AvgIpc) is 2.69. The molecule has 0 radical (unpaired) electrons. The first kappa shape index (κ1) is 20.1. The van der Waals surface area contributed by atoms with Crippen LogP contribution in [0.3, 0.4) is 0 Å². The summed E-state index contributed by atoms with van der Waals surface area (Å²) in [6.07, 6.45) is 2.35. The van der Waals surface area contributed by atoms with Gasteiger partial charge in [-0.1, -0.05) is 11.8 Å². The highest BCUT2D eigenvalue weighted by Crippen LogP contribution is 2.19. The predicted octanol–water partition coefficient (Wildman–Crippen LogP) is 1.80. The molecule has 2 aliphatic rings. The van der Waals surface area contributed by atoms with Gasteiger partial charge in [0.25, 0.3) is 0 Å². The highest BCUT2D eigenvalue weighted by Gasteiger charge is 2.20. The van der Waals surface area contributed by atoms with Gasteiger partial charge in [-0.2, -0.15) is 5.10 Å². The Labute approximate surface area is 163 Å². The number of piperidine rings is 1. The normalized spacial score (nSPS) is 19.9. The van der Waals surface area contributed by atoms with Crippen molar-refractivity contribution in [2.24, 2.45) is 0 Å². The zero-order valence-electron chi connectivity index (χ0n) is 17.0. The van der Waals surface area contributed by atoms with Gasteiger partial charge in [-0.25, -0.2) is 0 Å². The molecule has 6 heteroatoms. The Morgan fingerprint density at radius 2 is 1.78 bits per heavy atom. The predicted molar refractivity (Wildman–Crippen MR) is 109 cm³/mol. The number of nitrogens with zero attached hydrogens (tertiary/aromatic N) is 5. The van der Waals surface area contributed by atoms with Gasteiger partial charge >= 0.3 is 0 Å². The van der Waals surface area contributed by atoms with E-state index < -0.39 is 0 Å². The second-order valence-corrected chi connectivity index (χ2v) is 7.79. The molecule has 2 fully saturated rings. The molecule has 1 aromatic rings. The van der Waals surface area contributed by atoms with E-state index >= 15 is 0 Å². The van der Waals surface area contributed by atoms with Crippen LogP contribution in [0.5, 0.6) is 0 Å². The molecule has 0 saturated carbocycles. The van der Waals surface area contributed by atoms with Gasteiger partial charge in [-0.05, 0) is 45.7 Å². The molecule has 148 valence electrons. The van der Waals surface area contributed by atoms with Gasteiger partial charge < -0.3 is 9.64 Å². The van der Waals surface area contributed by atoms with Crippen molar-refractivity contribution in [3.8, 4) is 11.8 Å². The molecule has 0 aliphatic carbocycles. The van der Waals surface area contributed by atoms with E-state index in [1.54, 1.807) is 0 Å². The third kappa shape index (κ3) is 6.17. The van der Waals surface area contributed by atoms with Crippen molar-refractivity contribution in [3.63, 3.8) is 0 Å². The first-order valence-electron chi connectivity index (χ1n) is 10.2. The summed E-state index contributed by atoms with van der Waals surface area (Å²) < 4.78 is 5.96. The fourth-order valence-corrected chi connectivity index (χ4v) is 3.63. The minimum atomic E-state index is 0.309. The Morgan fingerprint density at radius 1 is 1.04 bits per heavy atom. The summed E-state index contributed by atoms with van der Waals surface area (Å²) in [7, 11) is 0. The number of anilines is 1. The number of rotatable bonds is 5. The van der Waals surface area contributed by atoms with E-state index in [0.717, 1.165) is 70.2 Å². The molecule has 1 aromatic heterocycles. The van der Waals surface area contributed by atoms with Crippen molar-refractivity contribution >= 4 is 5.82 Å². The smallest absolute Gasteiger partial charge is 0.151 e. The Bertz CT molecular complexity index is 620. The summed E-state index contributed by atoms with van der Waals surface area (Å²) in [6, 6.07) is 4.72. The summed E-state index contributed by atoms with van der Waals surface area (Å²) in [4.78, 5) is 7.25. The molecule has 6 nitrogen and oxygen atoms in total. The van der Waals surface area contributed by atoms with Crippen LogP contribution in [-0.2, 0) is 4.74 Å². The van der Waals surface area contributed by atoms with Gasteiger partial charge in [-0.15, -0.1) is 5.10 Å². The average molecular weight is 372 g/mol. The van der Waals surface area contributed by atoms with E-state index in [-0.39, 0.29) is 0 Å². The van der Waals surface area contributed by atoms with Crippen molar-refractivity contribution in [1.82, 2.24) is 20.0 Å². The van der Waals surface area contributed by atoms with Gasteiger partial charge in [0.15, 0.2) is 5.82 Å². The quantitative estimate of drug-likeness (QED) is 0.736. The zero-order chi connectivity index (χ0) is 19.1. The first-order valence-corrected chi connectivity index (χ1v) is 10.2. The van der Waals surface area contributed by atoms with E-state index in [9.17, 15) is 0 Å². The second kappa shape index (κ2) is 10.0. The molecule has 0 atom stereocenters. The molecule has 0 bridgehead atoms. The van der Waals surface area contributed by atoms with E-state index in [1.807, 2.05) is 13.0 Å². The number of aryl methyl sites for hydroxylation is 1. The highest BCUT2D eigenvalue weighted by molar-refractivity contribution is 5.37. The molecule has 0 aromatic carbocycles. The van der Waals surface area contributed by atoms with Crippen molar-refractivity contribution in [3.05, 3.63) is 17.8 Å². The van der Waals surface area contributed by atoms with Gasteiger partial charge in [0.1, 0.15) is 6.61 Å². The van der Waals surface area contributed by atoms with Crippen molar-refractivity contribution in [2.45, 2.75) is 45.8 Å². The maximum Gasteiger partial charge on any atom is 0.151 e. The third-order valence-electron chi connectivity index (χ3n) is 5.51. The Kier molecular flexibility index (Phi) is 7.45. The third-order valence-corrected chi connectivity index (χ3v) is 5.51. The number of hydrogen-bond donors (Lipinski definition) is 0. The zero-order valence-corrected chi connectivity index (χ0v) is 17.0.